The van der Waals surface area contributed by atoms with Crippen molar-refractivity contribution in [1.29, 1.82) is 0 Å². The van der Waals surface area contributed by atoms with Gasteiger partial charge in [0, 0.05) is 22.8 Å². The lowest BCUT2D eigenvalue weighted by molar-refractivity contribution is 0.0959. The average Bonchev–Trinajstić information content (AvgIpc) is 3.06. The number of hydrogen-bond donors (Lipinski definition) is 2. The Morgan fingerprint density at radius 2 is 2.14 bits per heavy atom. The second kappa shape index (κ2) is 6.69. The molecule has 0 fully saturated rings. The average molecular weight is 344 g/mol. The molecule has 0 radical (unpaired) electrons. The van der Waals surface area contributed by atoms with Crippen LogP contribution in [-0.4, -0.2) is 20.9 Å². The Balaban J connectivity index is 2.18. The molecular weight excluding hydrogens is 328 g/mol. The van der Waals surface area contributed by atoms with Crippen molar-refractivity contribution in [2.75, 3.05) is 6.54 Å². The van der Waals surface area contributed by atoms with Crippen LogP contribution in [0.5, 0.6) is 0 Å². The van der Waals surface area contributed by atoms with Gasteiger partial charge in [0.15, 0.2) is 0 Å². The fourth-order valence-corrected chi connectivity index (χ4v) is 5.00. The zero-order chi connectivity index (χ0) is 15.5. The van der Waals surface area contributed by atoms with E-state index in [4.69, 9.17) is 0 Å². The standard InChI is InChI=1S/C13H16N2O3S3/c1-3-14-13(16)11-7-12(9(2)20-11)21(17,18)15-8-10-5-4-6-19-10/h4-7,15H,3,8H2,1-2H3,(H,14,16). The van der Waals surface area contributed by atoms with Gasteiger partial charge in [-0.25, -0.2) is 13.1 Å². The molecular formula is C13H16N2O3S3. The van der Waals surface area contributed by atoms with Crippen LogP contribution in [0.1, 0.15) is 26.3 Å². The maximum atomic E-state index is 12.3. The molecule has 114 valence electrons. The van der Waals surface area contributed by atoms with Crippen LogP contribution in [0.15, 0.2) is 28.5 Å². The molecule has 2 aromatic heterocycles. The van der Waals surface area contributed by atoms with E-state index in [2.05, 4.69) is 10.0 Å². The highest BCUT2D eigenvalue weighted by molar-refractivity contribution is 7.89. The third kappa shape index (κ3) is 3.91. The molecule has 1 amide bonds. The van der Waals surface area contributed by atoms with Gasteiger partial charge in [-0.1, -0.05) is 6.07 Å². The molecule has 2 aromatic rings. The van der Waals surface area contributed by atoms with E-state index >= 15 is 0 Å². The number of nitrogens with one attached hydrogen (secondary N) is 2. The Morgan fingerprint density at radius 3 is 2.76 bits per heavy atom. The first-order valence-corrected chi connectivity index (χ1v) is 9.52. The maximum Gasteiger partial charge on any atom is 0.261 e. The van der Waals surface area contributed by atoms with Crippen molar-refractivity contribution in [2.45, 2.75) is 25.3 Å². The molecule has 0 aliphatic heterocycles. The van der Waals surface area contributed by atoms with E-state index < -0.39 is 10.0 Å². The summed E-state index contributed by atoms with van der Waals surface area (Å²) in [5, 5.41) is 4.56. The zero-order valence-corrected chi connectivity index (χ0v) is 14.1. The normalized spacial score (nSPS) is 11.5. The molecule has 0 unspecified atom stereocenters. The molecule has 0 spiro atoms. The molecule has 21 heavy (non-hydrogen) atoms. The Morgan fingerprint density at radius 1 is 1.38 bits per heavy atom. The monoisotopic (exact) mass is 344 g/mol. The van der Waals surface area contributed by atoms with E-state index in [1.165, 1.54) is 28.7 Å². The van der Waals surface area contributed by atoms with Crippen molar-refractivity contribution < 1.29 is 13.2 Å². The largest absolute Gasteiger partial charge is 0.352 e. The fraction of sp³-hybridized carbons (Fsp3) is 0.308. The number of sulfonamides is 1. The topological polar surface area (TPSA) is 75.3 Å². The van der Waals surface area contributed by atoms with E-state index in [1.54, 1.807) is 6.92 Å². The smallest absolute Gasteiger partial charge is 0.261 e. The Bertz CT molecular complexity index is 718. The Hall–Kier alpha value is -1.22. The zero-order valence-electron chi connectivity index (χ0n) is 11.7. The third-order valence-corrected chi connectivity index (χ3v) is 6.32. The predicted molar refractivity (Wildman–Crippen MR) is 85.4 cm³/mol. The number of carbonyl (C=O) groups is 1. The molecule has 0 aromatic carbocycles. The van der Waals surface area contributed by atoms with E-state index in [9.17, 15) is 13.2 Å². The first kappa shape index (κ1) is 16.2. The number of amides is 1. The summed E-state index contributed by atoms with van der Waals surface area (Å²) in [6, 6.07) is 5.17. The minimum atomic E-state index is -3.61. The molecule has 2 N–H and O–H groups in total. The van der Waals surface area contributed by atoms with Crippen molar-refractivity contribution in [3.05, 3.63) is 38.2 Å². The minimum Gasteiger partial charge on any atom is -0.352 e. The number of rotatable bonds is 6. The van der Waals surface area contributed by atoms with Crippen LogP contribution in [0, 0.1) is 6.92 Å². The quantitative estimate of drug-likeness (QED) is 0.844. The van der Waals surface area contributed by atoms with Gasteiger partial charge in [0.2, 0.25) is 10.0 Å². The summed E-state index contributed by atoms with van der Waals surface area (Å²) in [4.78, 5) is 13.9. The molecule has 2 rings (SSSR count). The van der Waals surface area contributed by atoms with E-state index in [-0.39, 0.29) is 17.3 Å². The van der Waals surface area contributed by atoms with Gasteiger partial charge >= 0.3 is 0 Å². The van der Waals surface area contributed by atoms with Gasteiger partial charge in [-0.3, -0.25) is 4.79 Å². The first-order valence-electron chi connectivity index (χ1n) is 6.34. The molecule has 0 saturated heterocycles. The van der Waals surface area contributed by atoms with Gasteiger partial charge in [0.05, 0.1) is 9.77 Å². The van der Waals surface area contributed by atoms with Crippen LogP contribution in [0.25, 0.3) is 0 Å². The van der Waals surface area contributed by atoms with Crippen LogP contribution in [0.2, 0.25) is 0 Å². The molecule has 8 heteroatoms. The number of thiophene rings is 2. The molecule has 0 atom stereocenters. The van der Waals surface area contributed by atoms with Gasteiger partial charge in [-0.15, -0.1) is 22.7 Å². The summed E-state index contributed by atoms with van der Waals surface area (Å²) < 4.78 is 27.2. The van der Waals surface area contributed by atoms with Crippen LogP contribution in [-0.2, 0) is 16.6 Å². The molecule has 5 nitrogen and oxygen atoms in total. The second-order valence-corrected chi connectivity index (χ2v) is 8.32. The van der Waals surface area contributed by atoms with Crippen molar-refractivity contribution in [3.63, 3.8) is 0 Å². The summed E-state index contributed by atoms with van der Waals surface area (Å²) >= 11 is 2.68. The third-order valence-electron chi connectivity index (χ3n) is 2.74. The van der Waals surface area contributed by atoms with Gasteiger partial charge < -0.3 is 5.32 Å². The van der Waals surface area contributed by atoms with Crippen molar-refractivity contribution in [1.82, 2.24) is 10.0 Å². The Kier molecular flexibility index (Phi) is 5.15. The first-order chi connectivity index (χ1) is 9.94. The highest BCUT2D eigenvalue weighted by Crippen LogP contribution is 2.26. The maximum absolute atomic E-state index is 12.3. The SMILES string of the molecule is CCNC(=O)c1cc(S(=O)(=O)NCc2cccs2)c(C)s1. The summed E-state index contributed by atoms with van der Waals surface area (Å²) in [6.45, 7) is 4.28. The molecule has 0 aliphatic carbocycles. The van der Waals surface area contributed by atoms with E-state index in [0.717, 1.165) is 4.88 Å². The number of aryl methyl sites for hydroxylation is 1. The number of carbonyl (C=O) groups excluding carboxylic acids is 1. The van der Waals surface area contributed by atoms with Crippen LogP contribution in [0.4, 0.5) is 0 Å². The van der Waals surface area contributed by atoms with Crippen molar-refractivity contribution >= 4 is 38.6 Å². The van der Waals surface area contributed by atoms with Crippen LogP contribution in [0.3, 0.4) is 0 Å². The van der Waals surface area contributed by atoms with Crippen molar-refractivity contribution in [2.24, 2.45) is 0 Å². The molecule has 0 aliphatic rings. The Labute approximate surface area is 132 Å². The fourth-order valence-electron chi connectivity index (χ4n) is 1.75. The number of hydrogen-bond acceptors (Lipinski definition) is 5. The summed E-state index contributed by atoms with van der Waals surface area (Å²) in [5.41, 5.74) is 0. The highest BCUT2D eigenvalue weighted by Gasteiger charge is 2.22. The van der Waals surface area contributed by atoms with Crippen molar-refractivity contribution in [3.8, 4) is 0 Å². The highest BCUT2D eigenvalue weighted by atomic mass is 32.2. The van der Waals surface area contributed by atoms with Crippen LogP contribution >= 0.6 is 22.7 Å². The minimum absolute atomic E-state index is 0.172. The summed E-state index contributed by atoms with van der Waals surface area (Å²) in [6.07, 6.45) is 0. The lowest BCUT2D eigenvalue weighted by Crippen LogP contribution is -2.23. The predicted octanol–water partition coefficient (Wildman–Crippen LogP) is 2.35. The van der Waals surface area contributed by atoms with Gasteiger partial charge in [-0.05, 0) is 31.4 Å². The molecule has 0 bridgehead atoms. The van der Waals surface area contributed by atoms with Gasteiger partial charge in [0.1, 0.15) is 0 Å². The summed E-state index contributed by atoms with van der Waals surface area (Å²) in [7, 11) is -3.61. The lowest BCUT2D eigenvalue weighted by Gasteiger charge is -2.04. The van der Waals surface area contributed by atoms with E-state index in [0.29, 0.717) is 16.3 Å². The van der Waals surface area contributed by atoms with Crippen LogP contribution < -0.4 is 10.0 Å². The lowest BCUT2D eigenvalue weighted by atomic mass is 10.4. The second-order valence-electron chi connectivity index (χ2n) is 4.29. The molecule has 0 saturated carbocycles. The summed E-state index contributed by atoms with van der Waals surface area (Å²) in [5.74, 6) is -0.245. The molecule has 2 heterocycles. The van der Waals surface area contributed by atoms with Gasteiger partial charge in [-0.2, -0.15) is 0 Å². The van der Waals surface area contributed by atoms with E-state index in [1.807, 2.05) is 24.4 Å². The van der Waals surface area contributed by atoms with Gasteiger partial charge in [0.25, 0.3) is 5.91 Å².